The maximum absolute atomic E-state index is 13.4. The van der Waals surface area contributed by atoms with Crippen LogP contribution in [-0.2, 0) is 9.47 Å². The summed E-state index contributed by atoms with van der Waals surface area (Å²) in [5, 5.41) is 1.25. The highest BCUT2D eigenvalue weighted by Crippen LogP contribution is 2.31. The first-order chi connectivity index (χ1) is 17.2. The fourth-order valence-electron chi connectivity index (χ4n) is 4.82. The van der Waals surface area contributed by atoms with Crippen LogP contribution in [0.5, 0.6) is 0 Å². The van der Waals surface area contributed by atoms with Gasteiger partial charge in [0.1, 0.15) is 0 Å². The van der Waals surface area contributed by atoms with Crippen molar-refractivity contribution >= 4 is 34.3 Å². The number of carbonyl (C=O) groups excluding carboxylic acids is 2. The number of aryl methyl sites for hydroxylation is 1. The largest absolute Gasteiger partial charge is 0.454 e. The van der Waals surface area contributed by atoms with Gasteiger partial charge in [-0.25, -0.2) is 9.78 Å². The van der Waals surface area contributed by atoms with Crippen molar-refractivity contribution < 1.29 is 19.1 Å². The number of halogens is 1. The number of methoxy groups -OCH3 is 1. The van der Waals surface area contributed by atoms with Crippen LogP contribution < -0.4 is 0 Å². The van der Waals surface area contributed by atoms with Crippen molar-refractivity contribution in [2.75, 3.05) is 20.3 Å². The van der Waals surface area contributed by atoms with E-state index in [2.05, 4.69) is 4.57 Å². The number of ketones is 1. The van der Waals surface area contributed by atoms with Gasteiger partial charge in [0.05, 0.1) is 29.4 Å². The minimum Gasteiger partial charge on any atom is -0.454 e. The zero-order valence-electron chi connectivity index (χ0n) is 21.1. The molecule has 0 fully saturated rings. The van der Waals surface area contributed by atoms with Crippen molar-refractivity contribution in [3.8, 4) is 11.3 Å². The van der Waals surface area contributed by atoms with E-state index >= 15 is 0 Å². The summed E-state index contributed by atoms with van der Waals surface area (Å²) < 4.78 is 12.9. The van der Waals surface area contributed by atoms with E-state index in [1.807, 2.05) is 76.2 Å². The number of esters is 1. The van der Waals surface area contributed by atoms with Crippen LogP contribution in [0.4, 0.5) is 0 Å². The van der Waals surface area contributed by atoms with Crippen LogP contribution in [0.25, 0.3) is 22.2 Å². The predicted molar refractivity (Wildman–Crippen MR) is 142 cm³/mol. The van der Waals surface area contributed by atoms with Crippen molar-refractivity contribution in [1.29, 1.82) is 0 Å². The van der Waals surface area contributed by atoms with Crippen LogP contribution in [0.1, 0.15) is 50.6 Å². The average Bonchev–Trinajstić information content (AvgIpc) is 3.15. The molecule has 6 nitrogen and oxygen atoms in total. The normalized spacial score (nSPS) is 12.1. The summed E-state index contributed by atoms with van der Waals surface area (Å²) in [6.45, 7) is 7.88. The number of benzene rings is 2. The number of nitrogens with zero attached hydrogens (tertiary/aromatic N) is 2. The smallest absolute Gasteiger partial charge is 0.339 e. The fraction of sp³-hybridized carbons (Fsp3) is 0.276. The molecule has 0 aliphatic carbocycles. The molecule has 4 aromatic rings. The molecule has 0 N–H and O–H groups in total. The highest BCUT2D eigenvalue weighted by Gasteiger charge is 2.23. The summed E-state index contributed by atoms with van der Waals surface area (Å²) in [7, 11) is 1.65. The van der Waals surface area contributed by atoms with Crippen LogP contribution in [0.15, 0.2) is 54.6 Å². The van der Waals surface area contributed by atoms with E-state index < -0.39 is 5.97 Å². The Bertz CT molecular complexity index is 1460. The van der Waals surface area contributed by atoms with Gasteiger partial charge in [-0.3, -0.25) is 4.79 Å². The second kappa shape index (κ2) is 10.6. The Morgan fingerprint density at radius 2 is 1.81 bits per heavy atom. The van der Waals surface area contributed by atoms with Crippen LogP contribution in [0.3, 0.4) is 0 Å². The summed E-state index contributed by atoms with van der Waals surface area (Å²) in [5.41, 5.74) is 5.48. The second-order valence-electron chi connectivity index (χ2n) is 8.95. The van der Waals surface area contributed by atoms with Gasteiger partial charge in [-0.1, -0.05) is 41.9 Å². The minimum atomic E-state index is -0.565. The first-order valence-corrected chi connectivity index (χ1v) is 12.1. The first-order valence-electron chi connectivity index (χ1n) is 11.8. The molecule has 0 aliphatic rings. The van der Waals surface area contributed by atoms with E-state index in [0.29, 0.717) is 44.9 Å². The zero-order chi connectivity index (χ0) is 26.0. The van der Waals surface area contributed by atoms with Gasteiger partial charge in [-0.15, -0.1) is 0 Å². The van der Waals surface area contributed by atoms with Gasteiger partial charge < -0.3 is 14.0 Å². The first kappa shape index (κ1) is 25.6. The topological polar surface area (TPSA) is 70.4 Å². The molecule has 0 bridgehead atoms. The Hall–Kier alpha value is -3.48. The van der Waals surface area contributed by atoms with Crippen molar-refractivity contribution in [3.05, 3.63) is 87.7 Å². The molecule has 2 aromatic heterocycles. The monoisotopic (exact) mass is 504 g/mol. The van der Waals surface area contributed by atoms with Gasteiger partial charge in [0.15, 0.2) is 6.61 Å². The van der Waals surface area contributed by atoms with E-state index in [-0.39, 0.29) is 18.4 Å². The van der Waals surface area contributed by atoms with E-state index in [0.717, 1.165) is 17.0 Å². The maximum atomic E-state index is 13.4. The fourth-order valence-corrected chi connectivity index (χ4v) is 5.01. The van der Waals surface area contributed by atoms with Crippen LogP contribution in [0, 0.1) is 20.8 Å². The summed E-state index contributed by atoms with van der Waals surface area (Å²) in [4.78, 5) is 31.2. The SMILES string of the molecule is COC[C@@H](C)n1c(C)cc(C(=O)COC(=O)c2c(C)c(-c3cccc(Cl)c3)nc3ccccc23)c1C. The molecule has 0 saturated carbocycles. The summed E-state index contributed by atoms with van der Waals surface area (Å²) >= 11 is 6.21. The molecule has 0 aliphatic heterocycles. The number of para-hydroxylation sites is 1. The lowest BCUT2D eigenvalue weighted by atomic mass is 9.98. The van der Waals surface area contributed by atoms with Gasteiger partial charge in [-0.05, 0) is 57.5 Å². The predicted octanol–water partition coefficient (Wildman–Crippen LogP) is 6.53. The molecule has 7 heteroatoms. The quantitative estimate of drug-likeness (QED) is 0.201. The van der Waals surface area contributed by atoms with Crippen LogP contribution >= 0.6 is 11.6 Å². The van der Waals surface area contributed by atoms with Crippen molar-refractivity contribution in [1.82, 2.24) is 9.55 Å². The molecule has 186 valence electrons. The molecule has 1 atom stereocenters. The molecule has 36 heavy (non-hydrogen) atoms. The Morgan fingerprint density at radius 3 is 2.53 bits per heavy atom. The lowest BCUT2D eigenvalue weighted by Crippen LogP contribution is -2.18. The Labute approximate surface area is 215 Å². The highest BCUT2D eigenvalue weighted by atomic mass is 35.5. The summed E-state index contributed by atoms with van der Waals surface area (Å²) in [5.74, 6) is -0.817. The van der Waals surface area contributed by atoms with Crippen molar-refractivity contribution in [3.63, 3.8) is 0 Å². The molecule has 0 spiro atoms. The zero-order valence-corrected chi connectivity index (χ0v) is 21.8. The lowest BCUT2D eigenvalue weighted by molar-refractivity contribution is 0.0475. The molecule has 2 heterocycles. The molecule has 0 amide bonds. The summed E-state index contributed by atoms with van der Waals surface area (Å²) in [6.07, 6.45) is 0. The van der Waals surface area contributed by atoms with Crippen molar-refractivity contribution in [2.24, 2.45) is 0 Å². The number of pyridine rings is 1. The van der Waals surface area contributed by atoms with Crippen LogP contribution in [0.2, 0.25) is 5.02 Å². The molecule has 0 unspecified atom stereocenters. The van der Waals surface area contributed by atoms with E-state index in [1.54, 1.807) is 13.2 Å². The highest BCUT2D eigenvalue weighted by molar-refractivity contribution is 6.30. The molecule has 0 saturated heterocycles. The Kier molecular flexibility index (Phi) is 7.57. The molecular formula is C29H29ClN2O4. The number of fused-ring (bicyclic) bond motifs is 1. The van der Waals surface area contributed by atoms with Crippen LogP contribution in [-0.4, -0.2) is 41.6 Å². The average molecular weight is 505 g/mol. The third kappa shape index (κ3) is 4.92. The molecular weight excluding hydrogens is 476 g/mol. The van der Waals surface area contributed by atoms with Gasteiger partial charge >= 0.3 is 5.97 Å². The van der Waals surface area contributed by atoms with E-state index in [9.17, 15) is 9.59 Å². The number of hydrogen-bond acceptors (Lipinski definition) is 5. The second-order valence-corrected chi connectivity index (χ2v) is 9.38. The van der Waals surface area contributed by atoms with Crippen molar-refractivity contribution in [2.45, 2.75) is 33.7 Å². The number of aromatic nitrogens is 2. The Morgan fingerprint density at radius 1 is 1.06 bits per heavy atom. The van der Waals surface area contributed by atoms with E-state index in [1.165, 1.54) is 0 Å². The number of rotatable bonds is 8. The molecule has 2 aromatic carbocycles. The molecule has 4 rings (SSSR count). The van der Waals surface area contributed by atoms with Gasteiger partial charge in [0.2, 0.25) is 5.78 Å². The number of carbonyl (C=O) groups is 2. The minimum absolute atomic E-state index is 0.0786. The van der Waals surface area contributed by atoms with E-state index in [4.69, 9.17) is 26.1 Å². The maximum Gasteiger partial charge on any atom is 0.339 e. The van der Waals surface area contributed by atoms with Gasteiger partial charge in [0, 0.05) is 40.0 Å². The standard InChI is InChI=1S/C29H29ClN2O4/c1-17-13-24(20(4)32(17)18(2)15-35-5)26(33)16-36-29(34)27-19(3)28(21-9-8-10-22(30)14-21)31-25-12-7-6-11-23(25)27/h6-14,18H,15-16H2,1-5H3/t18-/m1/s1. The lowest BCUT2D eigenvalue weighted by Gasteiger charge is -2.17. The molecule has 0 radical (unpaired) electrons. The van der Waals surface area contributed by atoms with Gasteiger partial charge in [0.25, 0.3) is 0 Å². The number of ether oxygens (including phenoxy) is 2. The number of hydrogen-bond donors (Lipinski definition) is 0. The Balaban J connectivity index is 1.65. The third-order valence-corrected chi connectivity index (χ3v) is 6.64. The summed E-state index contributed by atoms with van der Waals surface area (Å²) in [6, 6.07) is 16.6. The third-order valence-electron chi connectivity index (χ3n) is 6.41. The number of Topliss-reactive ketones (excluding diaryl/α,β-unsaturated/α-hetero) is 1. The van der Waals surface area contributed by atoms with Gasteiger partial charge in [-0.2, -0.15) is 0 Å².